The summed E-state index contributed by atoms with van der Waals surface area (Å²) in [7, 11) is 1.60. The van der Waals surface area contributed by atoms with Crippen LogP contribution >= 0.6 is 0 Å². The van der Waals surface area contributed by atoms with Crippen LogP contribution in [0.15, 0.2) is 12.2 Å². The maximum atomic E-state index is 10.9. The van der Waals surface area contributed by atoms with Gasteiger partial charge >= 0.3 is 6.09 Å². The second-order valence-electron chi connectivity index (χ2n) is 4.47. The lowest BCUT2D eigenvalue weighted by atomic mass is 10.1. The Morgan fingerprint density at radius 1 is 1.33 bits per heavy atom. The lowest BCUT2D eigenvalue weighted by molar-refractivity contribution is 0.139. The van der Waals surface area contributed by atoms with E-state index < -0.39 is 0 Å². The number of ether oxygens (including phenoxy) is 1. The Kier molecular flexibility index (Phi) is 3.29. The molecule has 0 aromatic carbocycles. The molecule has 0 bridgehead atoms. The molecule has 3 atom stereocenters. The van der Waals surface area contributed by atoms with Gasteiger partial charge in [0.05, 0.1) is 6.61 Å². The molecule has 15 heavy (non-hydrogen) atoms. The molecular formula is C12H19NO2. The highest BCUT2D eigenvalue weighted by Gasteiger charge is 2.49. The molecule has 3 nitrogen and oxygen atoms in total. The van der Waals surface area contributed by atoms with E-state index in [1.165, 1.54) is 25.7 Å². The second kappa shape index (κ2) is 4.69. The van der Waals surface area contributed by atoms with Gasteiger partial charge in [-0.05, 0) is 43.4 Å². The van der Waals surface area contributed by atoms with E-state index in [4.69, 9.17) is 4.74 Å². The number of carbonyl (C=O) groups excluding carboxylic acids is 1. The Hall–Kier alpha value is -0.990. The number of carbonyl (C=O) groups is 1. The van der Waals surface area contributed by atoms with Crippen molar-refractivity contribution in [1.29, 1.82) is 0 Å². The van der Waals surface area contributed by atoms with Crippen LogP contribution in [0.25, 0.3) is 0 Å². The first-order chi connectivity index (χ1) is 7.33. The van der Waals surface area contributed by atoms with Crippen LogP contribution in [-0.2, 0) is 4.74 Å². The molecule has 0 aliphatic heterocycles. The van der Waals surface area contributed by atoms with Crippen LogP contribution in [0.5, 0.6) is 0 Å². The van der Waals surface area contributed by atoms with Gasteiger partial charge in [-0.25, -0.2) is 4.79 Å². The zero-order valence-electron chi connectivity index (χ0n) is 9.24. The van der Waals surface area contributed by atoms with Crippen molar-refractivity contribution in [2.24, 2.45) is 17.8 Å². The van der Waals surface area contributed by atoms with Gasteiger partial charge in [0.2, 0.25) is 0 Å². The van der Waals surface area contributed by atoms with Crippen molar-refractivity contribution in [3.05, 3.63) is 12.2 Å². The highest BCUT2D eigenvalue weighted by Crippen LogP contribution is 2.52. The van der Waals surface area contributed by atoms with Crippen molar-refractivity contribution in [1.82, 2.24) is 5.32 Å². The Morgan fingerprint density at radius 3 is 2.47 bits per heavy atom. The smallest absolute Gasteiger partial charge is 0.406 e. The van der Waals surface area contributed by atoms with E-state index in [9.17, 15) is 4.79 Å². The van der Waals surface area contributed by atoms with Gasteiger partial charge in [-0.3, -0.25) is 0 Å². The van der Waals surface area contributed by atoms with Gasteiger partial charge in [0.1, 0.15) is 0 Å². The molecule has 1 fully saturated rings. The minimum atomic E-state index is -0.299. The highest BCUT2D eigenvalue weighted by molar-refractivity contribution is 5.66. The number of nitrogens with one attached hydrogen (secondary N) is 1. The van der Waals surface area contributed by atoms with Crippen LogP contribution in [0, 0.1) is 17.8 Å². The molecule has 1 saturated carbocycles. The summed E-state index contributed by atoms with van der Waals surface area (Å²) in [4.78, 5) is 10.9. The van der Waals surface area contributed by atoms with Crippen molar-refractivity contribution in [3.8, 4) is 0 Å². The lowest BCUT2D eigenvalue weighted by Crippen LogP contribution is -2.20. The van der Waals surface area contributed by atoms with Crippen molar-refractivity contribution in [2.75, 3.05) is 13.7 Å². The first kappa shape index (κ1) is 10.5. The molecule has 0 radical (unpaired) electrons. The molecule has 2 aliphatic carbocycles. The summed E-state index contributed by atoms with van der Waals surface area (Å²) in [6.45, 7) is 0.606. The number of rotatable bonds is 2. The fourth-order valence-electron chi connectivity index (χ4n) is 2.69. The molecule has 84 valence electrons. The molecule has 3 heteroatoms. The SMILES string of the molecule is CNC(=O)OC[C@H]1[C@@H]2CC/C=C/CC[C@@H]21. The number of hydrogen-bond acceptors (Lipinski definition) is 2. The van der Waals surface area contributed by atoms with E-state index in [1.807, 2.05) is 0 Å². The zero-order valence-corrected chi connectivity index (χ0v) is 9.24. The third-order valence-corrected chi connectivity index (χ3v) is 3.62. The van der Waals surface area contributed by atoms with Crippen LogP contribution in [0.2, 0.25) is 0 Å². The van der Waals surface area contributed by atoms with Crippen LogP contribution in [0.1, 0.15) is 25.7 Å². The minimum Gasteiger partial charge on any atom is -0.449 e. The van der Waals surface area contributed by atoms with E-state index in [-0.39, 0.29) is 6.09 Å². The van der Waals surface area contributed by atoms with Gasteiger partial charge in [0.25, 0.3) is 0 Å². The summed E-state index contributed by atoms with van der Waals surface area (Å²) < 4.78 is 5.12. The average molecular weight is 209 g/mol. The molecular weight excluding hydrogens is 190 g/mol. The lowest BCUT2D eigenvalue weighted by Gasteiger charge is -2.02. The number of allylic oxidation sites excluding steroid dienone is 2. The average Bonchev–Trinajstić information content (AvgIpc) is 2.85. The fourth-order valence-corrected chi connectivity index (χ4v) is 2.69. The monoisotopic (exact) mass is 209 g/mol. The number of fused-ring (bicyclic) bond motifs is 1. The molecule has 0 aromatic rings. The summed E-state index contributed by atoms with van der Waals surface area (Å²) in [6, 6.07) is 0. The number of amides is 1. The minimum absolute atomic E-state index is 0.299. The Balaban J connectivity index is 1.75. The standard InChI is InChI=1S/C12H19NO2/c1-13-12(14)15-8-11-9-6-4-2-3-5-7-10(9)11/h2-3,9-11H,4-8H2,1H3,(H,13,14)/b3-2+/t9-,10+,11+. The van der Waals surface area contributed by atoms with E-state index in [0.29, 0.717) is 12.5 Å². The molecule has 0 spiro atoms. The molecule has 0 heterocycles. The van der Waals surface area contributed by atoms with Gasteiger partial charge in [-0.2, -0.15) is 0 Å². The van der Waals surface area contributed by atoms with E-state index in [0.717, 1.165) is 11.8 Å². The first-order valence-electron chi connectivity index (χ1n) is 5.82. The maximum absolute atomic E-state index is 10.9. The normalized spacial score (nSPS) is 35.7. The summed E-state index contributed by atoms with van der Waals surface area (Å²) in [6.07, 6.45) is 9.18. The predicted molar refractivity (Wildman–Crippen MR) is 58.5 cm³/mol. The number of alkyl carbamates (subject to hydrolysis) is 1. The zero-order chi connectivity index (χ0) is 10.7. The quantitative estimate of drug-likeness (QED) is 0.709. The molecule has 1 amide bonds. The van der Waals surface area contributed by atoms with Gasteiger partial charge in [0.15, 0.2) is 0 Å². The summed E-state index contributed by atoms with van der Waals surface area (Å²) in [5, 5.41) is 2.48. The largest absolute Gasteiger partial charge is 0.449 e. The van der Waals surface area contributed by atoms with Crippen molar-refractivity contribution in [2.45, 2.75) is 25.7 Å². The third-order valence-electron chi connectivity index (χ3n) is 3.62. The topological polar surface area (TPSA) is 38.3 Å². The predicted octanol–water partition coefficient (Wildman–Crippen LogP) is 2.33. The Morgan fingerprint density at radius 2 is 1.93 bits per heavy atom. The van der Waals surface area contributed by atoms with Gasteiger partial charge in [-0.1, -0.05) is 12.2 Å². The summed E-state index contributed by atoms with van der Waals surface area (Å²) >= 11 is 0. The van der Waals surface area contributed by atoms with E-state index in [1.54, 1.807) is 7.05 Å². The molecule has 2 aliphatic rings. The third kappa shape index (κ3) is 2.52. The first-order valence-corrected chi connectivity index (χ1v) is 5.82. The van der Waals surface area contributed by atoms with Crippen molar-refractivity contribution >= 4 is 6.09 Å². The van der Waals surface area contributed by atoms with Gasteiger partial charge < -0.3 is 10.1 Å². The van der Waals surface area contributed by atoms with E-state index in [2.05, 4.69) is 17.5 Å². The van der Waals surface area contributed by atoms with Gasteiger partial charge in [0, 0.05) is 7.05 Å². The summed E-state index contributed by atoms with van der Waals surface area (Å²) in [5.41, 5.74) is 0. The van der Waals surface area contributed by atoms with Crippen LogP contribution in [0.3, 0.4) is 0 Å². The molecule has 2 rings (SSSR count). The molecule has 1 N–H and O–H groups in total. The summed E-state index contributed by atoms with van der Waals surface area (Å²) in [5.74, 6) is 2.24. The molecule has 0 aromatic heterocycles. The molecule has 0 unspecified atom stereocenters. The molecule has 0 saturated heterocycles. The van der Waals surface area contributed by atoms with Crippen molar-refractivity contribution in [3.63, 3.8) is 0 Å². The van der Waals surface area contributed by atoms with E-state index >= 15 is 0 Å². The number of hydrogen-bond donors (Lipinski definition) is 1. The van der Waals surface area contributed by atoms with Gasteiger partial charge in [-0.15, -0.1) is 0 Å². The maximum Gasteiger partial charge on any atom is 0.406 e. The second-order valence-corrected chi connectivity index (χ2v) is 4.47. The Labute approximate surface area is 90.9 Å². The fraction of sp³-hybridized carbons (Fsp3) is 0.750. The van der Waals surface area contributed by atoms with Crippen molar-refractivity contribution < 1.29 is 9.53 Å². The van der Waals surface area contributed by atoms with Crippen LogP contribution in [0.4, 0.5) is 4.79 Å². The van der Waals surface area contributed by atoms with Crippen LogP contribution in [-0.4, -0.2) is 19.7 Å². The highest BCUT2D eigenvalue weighted by atomic mass is 16.5. The van der Waals surface area contributed by atoms with Crippen LogP contribution < -0.4 is 5.32 Å². The Bertz CT molecular complexity index is 246.